The Morgan fingerprint density at radius 2 is 0.721 bits per heavy atom. The van der Waals surface area contributed by atoms with Gasteiger partial charge in [-0.1, -0.05) is 164 Å². The molecule has 0 radical (unpaired) electrons. The molecule has 0 atom stereocenters. The molecule has 4 nitrogen and oxygen atoms in total. The second kappa shape index (κ2) is 13.2. The maximum atomic E-state index is 6.26. The van der Waals surface area contributed by atoms with Gasteiger partial charge in [0.15, 0.2) is 23.2 Å². The van der Waals surface area contributed by atoms with E-state index in [1.165, 1.54) is 70.2 Å². The number of rotatable bonds is 5. The molecule has 0 bridgehead atoms. The minimum absolute atomic E-state index is 0.495. The Labute approximate surface area is 350 Å². The van der Waals surface area contributed by atoms with Crippen LogP contribution < -0.4 is 0 Å². The second-order valence-corrected chi connectivity index (χ2v) is 15.9. The van der Waals surface area contributed by atoms with Crippen molar-refractivity contribution in [3.05, 3.63) is 200 Å². The van der Waals surface area contributed by atoms with Crippen LogP contribution in [0.4, 0.5) is 0 Å². The van der Waals surface area contributed by atoms with Crippen LogP contribution in [0.25, 0.3) is 132 Å². The third-order valence-electron chi connectivity index (χ3n) is 12.4. The standard InChI is InChI=1S/C57H33N3O/c1-2-11-37(12-3-1)55-58-56(60-57(59-55)50-33-41-13-4-5-24-49(41)61-50)43-20-7-18-39(30-43)38-17-6-19-40(29-38)44-31-42-28-27-36-15-9-22-46-45-21-8-14-34-25-26-35-16-10-23-47(53(35)51(34)45)48(32-44)54(42)52(36)46/h1-33H. The van der Waals surface area contributed by atoms with Crippen LogP contribution in [0.2, 0.25) is 0 Å². The summed E-state index contributed by atoms with van der Waals surface area (Å²) in [5.74, 6) is 2.28. The van der Waals surface area contributed by atoms with Crippen LogP contribution in [0.1, 0.15) is 0 Å². The van der Waals surface area contributed by atoms with Crippen LogP contribution in [-0.4, -0.2) is 15.0 Å². The van der Waals surface area contributed by atoms with Crippen LogP contribution in [0, 0.1) is 0 Å². The third kappa shape index (κ3) is 5.36. The zero-order chi connectivity index (χ0) is 40.0. The summed E-state index contributed by atoms with van der Waals surface area (Å²) in [5.41, 5.74) is 7.12. The van der Waals surface area contributed by atoms with Gasteiger partial charge in [-0.3, -0.25) is 0 Å². The van der Waals surface area contributed by atoms with Crippen molar-refractivity contribution in [2.75, 3.05) is 0 Å². The Balaban J connectivity index is 0.984. The van der Waals surface area contributed by atoms with E-state index in [0.29, 0.717) is 23.2 Å². The molecule has 0 saturated heterocycles. The quantitative estimate of drug-likeness (QED) is 0.163. The molecule has 13 aromatic rings. The summed E-state index contributed by atoms with van der Waals surface area (Å²) in [6, 6.07) is 71.6. The molecule has 0 aliphatic carbocycles. The third-order valence-corrected chi connectivity index (χ3v) is 12.4. The summed E-state index contributed by atoms with van der Waals surface area (Å²) in [6.45, 7) is 0. The average molecular weight is 776 g/mol. The SMILES string of the molecule is c1ccc(-c2nc(-c3cccc(-c4cccc(-c5cc6ccc7cccc8c9cccc%10ccc%11cccc(c(c5)c6c78)c%11c%109)c4)c3)nc(-c3cc4ccccc4o3)n2)cc1. The normalized spacial score (nSPS) is 11.9. The highest BCUT2D eigenvalue weighted by atomic mass is 16.3. The van der Waals surface area contributed by atoms with E-state index in [0.717, 1.165) is 38.8 Å². The van der Waals surface area contributed by atoms with E-state index in [2.05, 4.69) is 140 Å². The van der Waals surface area contributed by atoms with Crippen LogP contribution in [0.5, 0.6) is 0 Å². The summed E-state index contributed by atoms with van der Waals surface area (Å²) in [6.07, 6.45) is 0. The van der Waals surface area contributed by atoms with Gasteiger partial charge in [-0.2, -0.15) is 0 Å². The highest BCUT2D eigenvalue weighted by Crippen LogP contribution is 2.45. The molecule has 0 saturated carbocycles. The molecule has 2 heterocycles. The molecule has 0 amide bonds. The van der Waals surface area contributed by atoms with E-state index in [1.807, 2.05) is 60.7 Å². The lowest BCUT2D eigenvalue weighted by Gasteiger charge is -2.17. The highest BCUT2D eigenvalue weighted by Gasteiger charge is 2.18. The number of fused-ring (bicyclic) bond motifs is 3. The number of aromatic nitrogens is 3. The number of para-hydroxylation sites is 1. The highest BCUT2D eigenvalue weighted by molar-refractivity contribution is 6.37. The molecular formula is C57H33N3O. The topological polar surface area (TPSA) is 51.8 Å². The summed E-state index contributed by atoms with van der Waals surface area (Å²) in [5, 5.41) is 16.3. The van der Waals surface area contributed by atoms with Crippen LogP contribution in [0.15, 0.2) is 205 Å². The first-order chi connectivity index (χ1) is 30.2. The second-order valence-electron chi connectivity index (χ2n) is 15.9. The van der Waals surface area contributed by atoms with Crippen LogP contribution in [-0.2, 0) is 0 Å². The van der Waals surface area contributed by atoms with Gasteiger partial charge in [0.1, 0.15) is 5.58 Å². The van der Waals surface area contributed by atoms with Gasteiger partial charge in [0.25, 0.3) is 0 Å². The lowest BCUT2D eigenvalue weighted by atomic mass is 9.86. The maximum Gasteiger partial charge on any atom is 0.199 e. The predicted octanol–water partition coefficient (Wildman–Crippen LogP) is 15.3. The Bertz CT molecular complexity index is 3850. The zero-order valence-corrected chi connectivity index (χ0v) is 32.8. The van der Waals surface area contributed by atoms with Gasteiger partial charge in [0.2, 0.25) is 0 Å². The largest absolute Gasteiger partial charge is 0.453 e. The monoisotopic (exact) mass is 775 g/mol. The zero-order valence-electron chi connectivity index (χ0n) is 32.8. The fraction of sp³-hybridized carbons (Fsp3) is 0. The van der Waals surface area contributed by atoms with Crippen LogP contribution >= 0.6 is 0 Å². The number of benzene rings is 10. The minimum Gasteiger partial charge on any atom is -0.453 e. The molecule has 2 aromatic heterocycles. The number of nitrogens with zero attached hydrogens (tertiary/aromatic N) is 3. The lowest BCUT2D eigenvalue weighted by Crippen LogP contribution is -1.99. The van der Waals surface area contributed by atoms with Crippen LogP contribution in [0.3, 0.4) is 0 Å². The van der Waals surface area contributed by atoms with Gasteiger partial charge in [-0.25, -0.2) is 15.0 Å². The molecule has 61 heavy (non-hydrogen) atoms. The molecule has 0 aliphatic rings. The summed E-state index contributed by atoms with van der Waals surface area (Å²) >= 11 is 0. The van der Waals surface area contributed by atoms with Gasteiger partial charge in [-0.05, 0) is 123 Å². The van der Waals surface area contributed by atoms with Crippen molar-refractivity contribution in [1.82, 2.24) is 15.0 Å². The Kier molecular flexibility index (Phi) is 7.27. The number of furan rings is 1. The first-order valence-corrected chi connectivity index (χ1v) is 20.7. The molecule has 4 heteroatoms. The Morgan fingerprint density at radius 3 is 1.38 bits per heavy atom. The Hall–Kier alpha value is -8.21. The Morgan fingerprint density at radius 1 is 0.262 bits per heavy atom. The molecule has 0 aliphatic heterocycles. The van der Waals surface area contributed by atoms with E-state index in [4.69, 9.17) is 19.4 Å². The van der Waals surface area contributed by atoms with Gasteiger partial charge in [-0.15, -0.1) is 0 Å². The molecule has 282 valence electrons. The van der Waals surface area contributed by atoms with E-state index in [9.17, 15) is 0 Å². The average Bonchev–Trinajstić information content (AvgIpc) is 3.77. The number of hydrogen-bond donors (Lipinski definition) is 0. The van der Waals surface area contributed by atoms with Gasteiger partial charge < -0.3 is 4.42 Å². The van der Waals surface area contributed by atoms with E-state index >= 15 is 0 Å². The van der Waals surface area contributed by atoms with Crippen molar-refractivity contribution in [2.24, 2.45) is 0 Å². The van der Waals surface area contributed by atoms with E-state index in [1.54, 1.807) is 0 Å². The van der Waals surface area contributed by atoms with Gasteiger partial charge in [0, 0.05) is 16.5 Å². The molecule has 0 N–H and O–H groups in total. The molecule has 0 fully saturated rings. The summed E-state index contributed by atoms with van der Waals surface area (Å²) in [7, 11) is 0. The molecule has 11 aromatic carbocycles. The summed E-state index contributed by atoms with van der Waals surface area (Å²) in [4.78, 5) is 14.9. The molecule has 0 unspecified atom stereocenters. The van der Waals surface area contributed by atoms with E-state index in [-0.39, 0.29) is 0 Å². The van der Waals surface area contributed by atoms with Crippen molar-refractivity contribution in [3.8, 4) is 56.6 Å². The molecular weight excluding hydrogens is 743 g/mol. The maximum absolute atomic E-state index is 6.26. The molecule has 13 rings (SSSR count). The van der Waals surface area contributed by atoms with Crippen molar-refractivity contribution in [3.63, 3.8) is 0 Å². The van der Waals surface area contributed by atoms with Crippen molar-refractivity contribution in [2.45, 2.75) is 0 Å². The predicted molar refractivity (Wildman–Crippen MR) is 253 cm³/mol. The van der Waals surface area contributed by atoms with Crippen molar-refractivity contribution in [1.29, 1.82) is 0 Å². The smallest absolute Gasteiger partial charge is 0.199 e. The minimum atomic E-state index is 0.495. The van der Waals surface area contributed by atoms with Crippen molar-refractivity contribution < 1.29 is 4.42 Å². The first-order valence-electron chi connectivity index (χ1n) is 20.7. The first kappa shape index (κ1) is 33.7. The summed E-state index contributed by atoms with van der Waals surface area (Å²) < 4.78 is 6.26. The van der Waals surface area contributed by atoms with Gasteiger partial charge in [0.05, 0.1) is 0 Å². The fourth-order valence-electron chi connectivity index (χ4n) is 9.59. The fourth-order valence-corrected chi connectivity index (χ4v) is 9.59. The molecule has 0 spiro atoms. The van der Waals surface area contributed by atoms with E-state index < -0.39 is 0 Å². The van der Waals surface area contributed by atoms with Gasteiger partial charge >= 0.3 is 0 Å². The number of hydrogen-bond acceptors (Lipinski definition) is 4. The lowest BCUT2D eigenvalue weighted by molar-refractivity contribution is 0.625. The van der Waals surface area contributed by atoms with Crippen molar-refractivity contribution >= 4 is 75.6 Å².